The Labute approximate surface area is 472 Å². The van der Waals surface area contributed by atoms with Gasteiger partial charge in [-0.25, -0.2) is 0 Å². The van der Waals surface area contributed by atoms with Crippen molar-refractivity contribution in [1.82, 2.24) is 0 Å². The van der Waals surface area contributed by atoms with Crippen LogP contribution in [0.15, 0.2) is 72.9 Å². The number of carbonyl (C=O) groups excluding carboxylic acids is 3. The molecule has 6 nitrogen and oxygen atoms in total. The Hall–Kier alpha value is -3.15. The van der Waals surface area contributed by atoms with E-state index < -0.39 is 6.10 Å². The van der Waals surface area contributed by atoms with Crippen LogP contribution in [-0.4, -0.2) is 37.2 Å². The van der Waals surface area contributed by atoms with Crippen molar-refractivity contribution in [3.63, 3.8) is 0 Å². The Morgan fingerprint density at radius 3 is 0.816 bits per heavy atom. The van der Waals surface area contributed by atoms with Crippen LogP contribution in [0.25, 0.3) is 0 Å². The van der Waals surface area contributed by atoms with Crippen LogP contribution in [0.3, 0.4) is 0 Å². The van der Waals surface area contributed by atoms with Crippen LogP contribution in [0.1, 0.15) is 335 Å². The SMILES string of the molecule is CC/C=C\C/C=C\C/C=C\C/C=C\CCCCCCCCCCCCCCCCC(=O)OCC(COC(=O)CCCCCCC/C=C\CCCCCCCC)OC(=O)CCCCCCC/C=C\CCCCCCCCC. The van der Waals surface area contributed by atoms with Crippen LogP contribution in [0.5, 0.6) is 0 Å². The number of unbranched alkanes of at least 4 members (excludes halogenated alkanes) is 37. The maximum Gasteiger partial charge on any atom is 0.306 e. The van der Waals surface area contributed by atoms with Crippen LogP contribution in [0.4, 0.5) is 0 Å². The molecule has 0 spiro atoms. The lowest BCUT2D eigenvalue weighted by molar-refractivity contribution is -0.167. The van der Waals surface area contributed by atoms with E-state index in [4.69, 9.17) is 14.2 Å². The molecule has 0 radical (unpaired) electrons. The van der Waals surface area contributed by atoms with E-state index in [1.807, 2.05) is 0 Å². The second-order valence-electron chi connectivity index (χ2n) is 22.0. The van der Waals surface area contributed by atoms with Gasteiger partial charge in [0.25, 0.3) is 0 Å². The van der Waals surface area contributed by atoms with Gasteiger partial charge in [-0.05, 0) is 109 Å². The molecule has 0 aliphatic carbocycles. The first-order valence-electron chi connectivity index (χ1n) is 32.9. The standard InChI is InChI=1S/C70H124O6/c1-4-7-10-13-16-19-22-25-28-30-31-32-33-34-35-36-37-38-39-40-43-45-48-51-54-57-60-63-69(72)75-66-67(65-74-68(71)62-59-56-53-50-47-44-41-27-24-21-18-15-12-9-6-3)76-70(73)64-61-58-55-52-49-46-42-29-26-23-20-17-14-11-8-5-2/h7,10,16,19,25,27-29,31-32,41-42,67H,4-6,8-9,11-15,17-18,20-24,26,30,33-40,43-66H2,1-3H3/b10-7-,19-16-,28-25-,32-31-,41-27-,42-29-. The highest BCUT2D eigenvalue weighted by Gasteiger charge is 2.19. The predicted octanol–water partition coefficient (Wildman–Crippen LogP) is 22.5. The third-order valence-corrected chi connectivity index (χ3v) is 14.4. The summed E-state index contributed by atoms with van der Waals surface area (Å²) in [4.78, 5) is 38.3. The maximum absolute atomic E-state index is 12.9. The zero-order chi connectivity index (χ0) is 55.0. The molecule has 0 aliphatic rings. The Bertz CT molecular complexity index is 1400. The van der Waals surface area contributed by atoms with E-state index in [-0.39, 0.29) is 31.1 Å². The van der Waals surface area contributed by atoms with E-state index in [0.717, 1.165) is 103 Å². The van der Waals surface area contributed by atoms with E-state index >= 15 is 0 Å². The predicted molar refractivity (Wildman–Crippen MR) is 330 cm³/mol. The highest BCUT2D eigenvalue weighted by molar-refractivity contribution is 5.71. The molecule has 0 heterocycles. The summed E-state index contributed by atoms with van der Waals surface area (Å²) in [6.07, 6.45) is 83.4. The summed E-state index contributed by atoms with van der Waals surface area (Å²) in [5, 5.41) is 0. The van der Waals surface area contributed by atoms with Gasteiger partial charge in [-0.2, -0.15) is 0 Å². The van der Waals surface area contributed by atoms with E-state index in [1.165, 1.54) is 193 Å². The molecular formula is C70H124O6. The van der Waals surface area contributed by atoms with Crippen molar-refractivity contribution >= 4 is 17.9 Å². The van der Waals surface area contributed by atoms with E-state index in [2.05, 4.69) is 93.7 Å². The molecule has 440 valence electrons. The molecule has 1 atom stereocenters. The highest BCUT2D eigenvalue weighted by atomic mass is 16.6. The Morgan fingerprint density at radius 2 is 0.513 bits per heavy atom. The molecule has 0 aromatic heterocycles. The molecule has 0 fully saturated rings. The van der Waals surface area contributed by atoms with Crippen LogP contribution in [0, 0.1) is 0 Å². The molecular weight excluding hydrogens is 937 g/mol. The van der Waals surface area contributed by atoms with E-state index in [9.17, 15) is 14.4 Å². The Balaban J connectivity index is 4.28. The summed E-state index contributed by atoms with van der Waals surface area (Å²) in [6.45, 7) is 6.55. The highest BCUT2D eigenvalue weighted by Crippen LogP contribution is 2.17. The third kappa shape index (κ3) is 61.7. The maximum atomic E-state index is 12.9. The largest absolute Gasteiger partial charge is 0.462 e. The van der Waals surface area contributed by atoms with Crippen molar-refractivity contribution in [1.29, 1.82) is 0 Å². The molecule has 76 heavy (non-hydrogen) atoms. The fourth-order valence-corrected chi connectivity index (χ4v) is 9.48. The van der Waals surface area contributed by atoms with Crippen LogP contribution < -0.4 is 0 Å². The van der Waals surface area contributed by atoms with Crippen molar-refractivity contribution in [2.24, 2.45) is 0 Å². The van der Waals surface area contributed by atoms with E-state index in [1.54, 1.807) is 0 Å². The van der Waals surface area contributed by atoms with Crippen molar-refractivity contribution in [2.45, 2.75) is 341 Å². The molecule has 0 saturated carbocycles. The van der Waals surface area contributed by atoms with Crippen molar-refractivity contribution in [2.75, 3.05) is 13.2 Å². The van der Waals surface area contributed by atoms with Gasteiger partial charge in [-0.1, -0.05) is 280 Å². The number of rotatable bonds is 60. The van der Waals surface area contributed by atoms with Crippen molar-refractivity contribution < 1.29 is 28.6 Å². The monoisotopic (exact) mass is 1060 g/mol. The van der Waals surface area contributed by atoms with Crippen LogP contribution in [0.2, 0.25) is 0 Å². The van der Waals surface area contributed by atoms with Gasteiger partial charge >= 0.3 is 17.9 Å². The molecule has 0 N–H and O–H groups in total. The molecule has 1 unspecified atom stereocenters. The second-order valence-corrected chi connectivity index (χ2v) is 22.0. The zero-order valence-corrected chi connectivity index (χ0v) is 50.5. The first-order valence-corrected chi connectivity index (χ1v) is 32.9. The molecule has 0 rings (SSSR count). The lowest BCUT2D eigenvalue weighted by Gasteiger charge is -2.18. The minimum atomic E-state index is -0.783. The molecule has 0 aromatic carbocycles. The summed E-state index contributed by atoms with van der Waals surface area (Å²) in [5.74, 6) is -0.880. The number of carbonyl (C=O) groups is 3. The van der Waals surface area contributed by atoms with Crippen molar-refractivity contribution in [3.8, 4) is 0 Å². The molecule has 6 heteroatoms. The fourth-order valence-electron chi connectivity index (χ4n) is 9.48. The Morgan fingerprint density at radius 1 is 0.276 bits per heavy atom. The lowest BCUT2D eigenvalue weighted by atomic mass is 10.0. The average molecular weight is 1060 g/mol. The first kappa shape index (κ1) is 72.8. The van der Waals surface area contributed by atoms with Gasteiger partial charge in [-0.3, -0.25) is 14.4 Å². The van der Waals surface area contributed by atoms with Gasteiger partial charge < -0.3 is 14.2 Å². The smallest absolute Gasteiger partial charge is 0.306 e. The van der Waals surface area contributed by atoms with Gasteiger partial charge in [0.05, 0.1) is 0 Å². The van der Waals surface area contributed by atoms with Gasteiger partial charge in [0.1, 0.15) is 13.2 Å². The summed E-state index contributed by atoms with van der Waals surface area (Å²) >= 11 is 0. The van der Waals surface area contributed by atoms with E-state index in [0.29, 0.717) is 19.3 Å². The zero-order valence-electron chi connectivity index (χ0n) is 50.5. The summed E-state index contributed by atoms with van der Waals surface area (Å²) in [5.41, 5.74) is 0. The van der Waals surface area contributed by atoms with Crippen LogP contribution in [-0.2, 0) is 28.6 Å². The Kier molecular flexibility index (Phi) is 61.7. The average Bonchev–Trinajstić information content (AvgIpc) is 3.42. The molecule has 0 bridgehead atoms. The van der Waals surface area contributed by atoms with Gasteiger partial charge in [0.2, 0.25) is 0 Å². The van der Waals surface area contributed by atoms with Gasteiger partial charge in [-0.15, -0.1) is 0 Å². The molecule has 0 aromatic rings. The summed E-state index contributed by atoms with van der Waals surface area (Å²) in [7, 11) is 0. The minimum Gasteiger partial charge on any atom is -0.462 e. The summed E-state index contributed by atoms with van der Waals surface area (Å²) in [6, 6.07) is 0. The minimum absolute atomic E-state index is 0.0790. The van der Waals surface area contributed by atoms with Gasteiger partial charge in [0, 0.05) is 19.3 Å². The van der Waals surface area contributed by atoms with Crippen LogP contribution >= 0.6 is 0 Å². The molecule has 0 saturated heterocycles. The fraction of sp³-hybridized carbons (Fsp3) is 0.786. The molecule has 0 aliphatic heterocycles. The summed E-state index contributed by atoms with van der Waals surface area (Å²) < 4.78 is 16.9. The number of esters is 3. The second kappa shape index (κ2) is 64.4. The first-order chi connectivity index (χ1) is 37.5. The topological polar surface area (TPSA) is 78.9 Å². The number of allylic oxidation sites excluding steroid dienone is 12. The normalized spacial score (nSPS) is 12.5. The quantitative estimate of drug-likeness (QED) is 0.0261. The number of ether oxygens (including phenoxy) is 3. The van der Waals surface area contributed by atoms with Gasteiger partial charge in [0.15, 0.2) is 6.10 Å². The third-order valence-electron chi connectivity index (χ3n) is 14.4. The number of hydrogen-bond donors (Lipinski definition) is 0. The number of hydrogen-bond acceptors (Lipinski definition) is 6. The lowest BCUT2D eigenvalue weighted by Crippen LogP contribution is -2.30. The van der Waals surface area contributed by atoms with Crippen molar-refractivity contribution in [3.05, 3.63) is 72.9 Å². The molecule has 0 amide bonds.